The molecular formula is C25H31ClN8. The number of rotatable bonds is 6. The molecule has 1 aliphatic rings. The molecule has 0 saturated heterocycles. The van der Waals surface area contributed by atoms with Crippen LogP contribution >= 0.6 is 11.6 Å². The third kappa shape index (κ3) is 4.41. The lowest BCUT2D eigenvalue weighted by atomic mass is 9.91. The SMILES string of the molecule is Cc1nn(-c2ccnc(Nc3ccc4c(c3)c(Cl)c(C)n4C)n2)cc1CN[C@H]1CCCC[C@H]1N. The number of benzene rings is 1. The van der Waals surface area contributed by atoms with E-state index in [1.54, 1.807) is 10.9 Å². The minimum atomic E-state index is 0.230. The van der Waals surface area contributed by atoms with Gasteiger partial charge < -0.3 is 20.9 Å². The minimum Gasteiger partial charge on any atom is -0.346 e. The van der Waals surface area contributed by atoms with Crippen LogP contribution in [0.15, 0.2) is 36.7 Å². The van der Waals surface area contributed by atoms with Crippen molar-refractivity contribution in [3.05, 3.63) is 58.6 Å². The molecule has 4 N–H and O–H groups in total. The van der Waals surface area contributed by atoms with Gasteiger partial charge in [-0.25, -0.2) is 9.67 Å². The first-order valence-electron chi connectivity index (χ1n) is 11.8. The molecule has 0 unspecified atom stereocenters. The Balaban J connectivity index is 1.33. The molecule has 0 amide bonds. The van der Waals surface area contributed by atoms with Crippen molar-refractivity contribution in [3.63, 3.8) is 0 Å². The molecule has 1 saturated carbocycles. The van der Waals surface area contributed by atoms with Gasteiger partial charge >= 0.3 is 0 Å². The van der Waals surface area contributed by atoms with Crippen LogP contribution in [0.1, 0.15) is 42.6 Å². The fourth-order valence-electron chi connectivity index (χ4n) is 4.71. The fraction of sp³-hybridized carbons (Fsp3) is 0.400. The highest BCUT2D eigenvalue weighted by Gasteiger charge is 2.21. The van der Waals surface area contributed by atoms with E-state index < -0.39 is 0 Å². The number of hydrogen-bond donors (Lipinski definition) is 3. The fourth-order valence-corrected chi connectivity index (χ4v) is 4.99. The van der Waals surface area contributed by atoms with E-state index in [9.17, 15) is 0 Å². The zero-order valence-corrected chi connectivity index (χ0v) is 20.6. The van der Waals surface area contributed by atoms with Crippen molar-refractivity contribution in [2.75, 3.05) is 5.32 Å². The van der Waals surface area contributed by atoms with Gasteiger partial charge in [-0.05, 0) is 44.9 Å². The van der Waals surface area contributed by atoms with Gasteiger partial charge in [-0.2, -0.15) is 10.1 Å². The summed E-state index contributed by atoms with van der Waals surface area (Å²) in [5, 5.41) is 13.4. The van der Waals surface area contributed by atoms with Gasteiger partial charge in [0.15, 0.2) is 5.82 Å². The molecule has 9 heteroatoms. The van der Waals surface area contributed by atoms with E-state index in [1.165, 1.54) is 12.8 Å². The number of anilines is 2. The number of aromatic nitrogens is 5. The van der Waals surface area contributed by atoms with Crippen LogP contribution in [0.5, 0.6) is 0 Å². The quantitative estimate of drug-likeness (QED) is 0.376. The van der Waals surface area contributed by atoms with Crippen molar-refractivity contribution in [2.24, 2.45) is 12.8 Å². The molecule has 0 spiro atoms. The minimum absolute atomic E-state index is 0.230. The molecule has 1 fully saturated rings. The van der Waals surface area contributed by atoms with E-state index in [0.29, 0.717) is 17.8 Å². The van der Waals surface area contributed by atoms with Crippen molar-refractivity contribution >= 4 is 34.1 Å². The van der Waals surface area contributed by atoms with Gasteiger partial charge in [-0.15, -0.1) is 0 Å². The summed E-state index contributed by atoms with van der Waals surface area (Å²) in [6.45, 7) is 4.79. The zero-order chi connectivity index (χ0) is 23.8. The molecule has 2 atom stereocenters. The molecule has 34 heavy (non-hydrogen) atoms. The molecule has 5 rings (SSSR count). The number of fused-ring (bicyclic) bond motifs is 1. The molecule has 8 nitrogen and oxygen atoms in total. The molecule has 4 aromatic rings. The Morgan fingerprint density at radius 3 is 2.82 bits per heavy atom. The third-order valence-electron chi connectivity index (χ3n) is 6.92. The first kappa shape index (κ1) is 22.8. The van der Waals surface area contributed by atoms with Crippen molar-refractivity contribution in [2.45, 2.75) is 58.2 Å². The number of nitrogens with zero attached hydrogens (tertiary/aromatic N) is 5. The maximum Gasteiger partial charge on any atom is 0.229 e. The Morgan fingerprint density at radius 1 is 1.18 bits per heavy atom. The van der Waals surface area contributed by atoms with Crippen molar-refractivity contribution in [3.8, 4) is 5.82 Å². The van der Waals surface area contributed by atoms with Crippen LogP contribution in [-0.2, 0) is 13.6 Å². The molecular weight excluding hydrogens is 448 g/mol. The van der Waals surface area contributed by atoms with E-state index >= 15 is 0 Å². The number of hydrogen-bond acceptors (Lipinski definition) is 6. The Bertz CT molecular complexity index is 1320. The molecule has 0 radical (unpaired) electrons. The summed E-state index contributed by atoms with van der Waals surface area (Å²) < 4.78 is 3.90. The van der Waals surface area contributed by atoms with Crippen molar-refractivity contribution in [1.29, 1.82) is 0 Å². The van der Waals surface area contributed by atoms with Crippen molar-refractivity contribution < 1.29 is 0 Å². The summed E-state index contributed by atoms with van der Waals surface area (Å²) in [4.78, 5) is 9.07. The lowest BCUT2D eigenvalue weighted by Gasteiger charge is -2.29. The summed E-state index contributed by atoms with van der Waals surface area (Å²) in [6.07, 6.45) is 8.46. The standard InChI is InChI=1S/C25H31ClN8/c1-15-17(13-29-21-7-5-4-6-20(21)27)14-34(32-15)23-10-11-28-25(31-23)30-18-8-9-22-19(12-18)24(26)16(2)33(22)3/h8-12,14,20-21,29H,4-7,13,27H2,1-3H3,(H,28,30,31)/t20-,21+/m1/s1. The Labute approximate surface area is 204 Å². The van der Waals surface area contributed by atoms with E-state index in [0.717, 1.165) is 58.0 Å². The molecule has 0 aliphatic heterocycles. The normalized spacial score (nSPS) is 18.5. The van der Waals surface area contributed by atoms with E-state index in [1.807, 2.05) is 45.3 Å². The zero-order valence-electron chi connectivity index (χ0n) is 19.8. The van der Waals surface area contributed by atoms with Gasteiger partial charge in [-0.3, -0.25) is 0 Å². The number of aryl methyl sites for hydroxylation is 2. The third-order valence-corrected chi connectivity index (χ3v) is 7.40. The topological polar surface area (TPSA) is 98.6 Å². The first-order valence-corrected chi connectivity index (χ1v) is 12.2. The first-order chi connectivity index (χ1) is 16.4. The maximum atomic E-state index is 6.52. The highest BCUT2D eigenvalue weighted by molar-refractivity contribution is 6.36. The van der Waals surface area contributed by atoms with Gasteiger partial charge in [0, 0.05) is 72.0 Å². The second-order valence-electron chi connectivity index (χ2n) is 9.17. The van der Waals surface area contributed by atoms with E-state index in [4.69, 9.17) is 17.3 Å². The largest absolute Gasteiger partial charge is 0.346 e. The average molecular weight is 479 g/mol. The van der Waals surface area contributed by atoms with Crippen LogP contribution in [0.3, 0.4) is 0 Å². The predicted molar refractivity (Wildman–Crippen MR) is 137 cm³/mol. The molecule has 1 aromatic carbocycles. The van der Waals surface area contributed by atoms with Crippen LogP contribution in [-0.4, -0.2) is 36.4 Å². The summed E-state index contributed by atoms with van der Waals surface area (Å²) in [5.74, 6) is 1.21. The van der Waals surface area contributed by atoms with E-state index in [2.05, 4.69) is 36.3 Å². The second kappa shape index (κ2) is 9.37. The Kier molecular flexibility index (Phi) is 6.29. The maximum absolute atomic E-state index is 6.52. The summed E-state index contributed by atoms with van der Waals surface area (Å²) in [6, 6.07) is 8.53. The van der Waals surface area contributed by atoms with Crippen LogP contribution in [0, 0.1) is 13.8 Å². The lowest BCUT2D eigenvalue weighted by molar-refractivity contribution is 0.326. The monoisotopic (exact) mass is 478 g/mol. The Hall–Kier alpha value is -2.94. The highest BCUT2D eigenvalue weighted by atomic mass is 35.5. The summed E-state index contributed by atoms with van der Waals surface area (Å²) in [7, 11) is 2.02. The van der Waals surface area contributed by atoms with Crippen LogP contribution < -0.4 is 16.4 Å². The molecule has 178 valence electrons. The predicted octanol–water partition coefficient (Wildman–Crippen LogP) is 4.53. The average Bonchev–Trinajstić information content (AvgIpc) is 3.31. The van der Waals surface area contributed by atoms with Gasteiger partial charge in [0.05, 0.1) is 10.7 Å². The van der Waals surface area contributed by atoms with Gasteiger partial charge in [0.1, 0.15) is 0 Å². The number of nitrogens with two attached hydrogens (primary N) is 1. The number of halogens is 1. The van der Waals surface area contributed by atoms with Gasteiger partial charge in [0.25, 0.3) is 0 Å². The van der Waals surface area contributed by atoms with Crippen LogP contribution in [0.4, 0.5) is 11.6 Å². The molecule has 3 heterocycles. The van der Waals surface area contributed by atoms with Crippen LogP contribution in [0.2, 0.25) is 5.02 Å². The lowest BCUT2D eigenvalue weighted by Crippen LogP contribution is -2.46. The summed E-state index contributed by atoms with van der Waals surface area (Å²) in [5.41, 5.74) is 11.4. The molecule has 0 bridgehead atoms. The Morgan fingerprint density at radius 2 is 2.00 bits per heavy atom. The molecule has 3 aromatic heterocycles. The van der Waals surface area contributed by atoms with Gasteiger partial charge in [-0.1, -0.05) is 24.4 Å². The van der Waals surface area contributed by atoms with E-state index in [-0.39, 0.29) is 6.04 Å². The number of nitrogens with one attached hydrogen (secondary N) is 2. The summed E-state index contributed by atoms with van der Waals surface area (Å²) >= 11 is 6.52. The smallest absolute Gasteiger partial charge is 0.229 e. The van der Waals surface area contributed by atoms with Crippen LogP contribution in [0.25, 0.3) is 16.7 Å². The molecule has 1 aliphatic carbocycles. The highest BCUT2D eigenvalue weighted by Crippen LogP contribution is 2.32. The van der Waals surface area contributed by atoms with Gasteiger partial charge in [0.2, 0.25) is 5.95 Å². The van der Waals surface area contributed by atoms with Crippen molar-refractivity contribution in [1.82, 2.24) is 29.6 Å². The second-order valence-corrected chi connectivity index (χ2v) is 9.55.